The number of anilines is 1. The molecule has 1 amide bonds. The zero-order valence-electron chi connectivity index (χ0n) is 16.4. The van der Waals surface area contributed by atoms with E-state index >= 15 is 0 Å². The number of nitrogens with zero attached hydrogens (tertiary/aromatic N) is 6. The predicted octanol–water partition coefficient (Wildman–Crippen LogP) is 2.38. The van der Waals surface area contributed by atoms with Crippen LogP contribution in [-0.4, -0.2) is 63.8 Å². The number of carbonyl (C=O) groups excluding carboxylic acids is 1. The third-order valence-corrected chi connectivity index (χ3v) is 5.21. The smallest absolute Gasteiger partial charge is 0.289 e. The van der Waals surface area contributed by atoms with E-state index in [9.17, 15) is 4.79 Å². The first kappa shape index (κ1) is 18.2. The monoisotopic (exact) mass is 404 g/mol. The van der Waals surface area contributed by atoms with E-state index in [0.717, 1.165) is 11.2 Å². The molecule has 0 aliphatic carbocycles. The summed E-state index contributed by atoms with van der Waals surface area (Å²) in [7, 11) is 1.59. The molecular weight excluding hydrogens is 384 g/mol. The number of ether oxygens (including phenoxy) is 1. The lowest BCUT2D eigenvalue weighted by molar-refractivity contribution is 0.0716. The fourth-order valence-corrected chi connectivity index (χ4v) is 3.64. The minimum Gasteiger partial charge on any atom is -0.493 e. The Bertz CT molecular complexity index is 1180. The second kappa shape index (κ2) is 7.51. The quantitative estimate of drug-likeness (QED) is 0.516. The van der Waals surface area contributed by atoms with Crippen LogP contribution in [-0.2, 0) is 0 Å². The largest absolute Gasteiger partial charge is 0.493 e. The van der Waals surface area contributed by atoms with E-state index in [1.807, 2.05) is 36.5 Å². The van der Waals surface area contributed by atoms with E-state index in [0.29, 0.717) is 49.1 Å². The topological polar surface area (TPSA) is 89.5 Å². The van der Waals surface area contributed by atoms with E-state index in [4.69, 9.17) is 9.15 Å². The van der Waals surface area contributed by atoms with E-state index in [2.05, 4.69) is 20.0 Å². The number of furan rings is 1. The highest BCUT2D eigenvalue weighted by molar-refractivity contribution is 5.97. The number of aromatic nitrogens is 4. The number of para-hydroxylation sites is 1. The Labute approximate surface area is 172 Å². The van der Waals surface area contributed by atoms with Crippen LogP contribution in [0.2, 0.25) is 0 Å². The van der Waals surface area contributed by atoms with E-state index in [1.54, 1.807) is 29.0 Å². The van der Waals surface area contributed by atoms with Gasteiger partial charge in [-0.1, -0.05) is 12.1 Å². The summed E-state index contributed by atoms with van der Waals surface area (Å²) in [5.41, 5.74) is 0.592. The molecule has 152 valence electrons. The standard InChI is InChI=1S/C21H20N6O3/c1-29-16-5-2-4-15-12-17(30-20(15)16)21(28)26-10-8-25(9-11-26)18-13-19(23-14-22-18)27-7-3-6-24-27/h2-7,12-14H,8-11H2,1H3. The molecule has 3 aromatic heterocycles. The summed E-state index contributed by atoms with van der Waals surface area (Å²) in [4.78, 5) is 25.6. The maximum absolute atomic E-state index is 13.0. The fourth-order valence-electron chi connectivity index (χ4n) is 3.64. The van der Waals surface area contributed by atoms with Crippen LogP contribution in [0.25, 0.3) is 16.8 Å². The van der Waals surface area contributed by atoms with Gasteiger partial charge in [0.05, 0.1) is 7.11 Å². The number of piperazine rings is 1. The minimum atomic E-state index is -0.118. The summed E-state index contributed by atoms with van der Waals surface area (Å²) in [5, 5.41) is 5.06. The number of amides is 1. The maximum atomic E-state index is 13.0. The lowest BCUT2D eigenvalue weighted by atomic mass is 10.2. The molecule has 0 atom stereocenters. The van der Waals surface area contributed by atoms with Gasteiger partial charge in [-0.2, -0.15) is 5.10 Å². The van der Waals surface area contributed by atoms with Crippen LogP contribution < -0.4 is 9.64 Å². The van der Waals surface area contributed by atoms with Crippen LogP contribution in [0.3, 0.4) is 0 Å². The molecule has 5 rings (SSSR count). The number of hydrogen-bond donors (Lipinski definition) is 0. The summed E-state index contributed by atoms with van der Waals surface area (Å²) in [6.07, 6.45) is 5.08. The van der Waals surface area contributed by atoms with Gasteiger partial charge in [0, 0.05) is 50.0 Å². The molecule has 0 bridgehead atoms. The van der Waals surface area contributed by atoms with Crippen molar-refractivity contribution < 1.29 is 13.9 Å². The molecule has 1 fully saturated rings. The third kappa shape index (κ3) is 3.24. The average molecular weight is 404 g/mol. The number of fused-ring (bicyclic) bond motifs is 1. The molecule has 0 spiro atoms. The van der Waals surface area contributed by atoms with Gasteiger partial charge in [0.1, 0.15) is 12.1 Å². The summed E-state index contributed by atoms with van der Waals surface area (Å²) >= 11 is 0. The van der Waals surface area contributed by atoms with Gasteiger partial charge < -0.3 is 19.0 Å². The Balaban J connectivity index is 1.29. The van der Waals surface area contributed by atoms with E-state index in [-0.39, 0.29) is 5.91 Å². The molecule has 1 aliphatic heterocycles. The Morgan fingerprint density at radius 2 is 1.90 bits per heavy atom. The summed E-state index contributed by atoms with van der Waals surface area (Å²) in [6.45, 7) is 2.50. The van der Waals surface area contributed by atoms with Crippen molar-refractivity contribution in [1.29, 1.82) is 0 Å². The highest BCUT2D eigenvalue weighted by atomic mass is 16.5. The zero-order valence-corrected chi connectivity index (χ0v) is 16.4. The normalized spacial score (nSPS) is 14.3. The summed E-state index contributed by atoms with van der Waals surface area (Å²) < 4.78 is 12.8. The zero-order chi connectivity index (χ0) is 20.5. The lowest BCUT2D eigenvalue weighted by Crippen LogP contribution is -2.49. The number of rotatable bonds is 4. The fraction of sp³-hybridized carbons (Fsp3) is 0.238. The van der Waals surface area contributed by atoms with Gasteiger partial charge in [0.2, 0.25) is 0 Å². The average Bonchev–Trinajstić information content (AvgIpc) is 3.49. The molecule has 1 saturated heterocycles. The summed E-state index contributed by atoms with van der Waals surface area (Å²) in [5.74, 6) is 2.35. The Hall–Kier alpha value is -3.88. The molecule has 30 heavy (non-hydrogen) atoms. The van der Waals surface area contributed by atoms with Crippen molar-refractivity contribution in [3.63, 3.8) is 0 Å². The first-order valence-corrected chi connectivity index (χ1v) is 9.66. The first-order valence-electron chi connectivity index (χ1n) is 9.66. The van der Waals surface area contributed by atoms with Gasteiger partial charge in [0.15, 0.2) is 22.9 Å². The lowest BCUT2D eigenvalue weighted by Gasteiger charge is -2.35. The van der Waals surface area contributed by atoms with Crippen LogP contribution in [0.1, 0.15) is 10.6 Å². The van der Waals surface area contributed by atoms with Gasteiger partial charge in [-0.25, -0.2) is 14.6 Å². The van der Waals surface area contributed by atoms with Crippen molar-refractivity contribution in [2.45, 2.75) is 0 Å². The van der Waals surface area contributed by atoms with Gasteiger partial charge >= 0.3 is 0 Å². The van der Waals surface area contributed by atoms with Crippen LogP contribution in [0.4, 0.5) is 5.82 Å². The first-order chi connectivity index (χ1) is 14.7. The maximum Gasteiger partial charge on any atom is 0.289 e. The second-order valence-electron chi connectivity index (χ2n) is 6.95. The minimum absolute atomic E-state index is 0.118. The molecule has 0 unspecified atom stereocenters. The van der Waals surface area contributed by atoms with Gasteiger partial charge in [-0.05, 0) is 18.2 Å². The van der Waals surface area contributed by atoms with E-state index in [1.165, 1.54) is 6.33 Å². The predicted molar refractivity (Wildman–Crippen MR) is 110 cm³/mol. The molecule has 0 saturated carbocycles. The van der Waals surface area contributed by atoms with Crippen molar-refractivity contribution in [3.05, 3.63) is 60.9 Å². The molecule has 4 aromatic rings. The highest BCUT2D eigenvalue weighted by Crippen LogP contribution is 2.29. The molecule has 9 heteroatoms. The van der Waals surface area contributed by atoms with Crippen LogP contribution in [0.15, 0.2) is 59.5 Å². The van der Waals surface area contributed by atoms with Gasteiger partial charge in [0.25, 0.3) is 5.91 Å². The molecule has 0 N–H and O–H groups in total. The summed E-state index contributed by atoms with van der Waals surface area (Å²) in [6, 6.07) is 11.1. The van der Waals surface area contributed by atoms with Crippen molar-refractivity contribution in [1.82, 2.24) is 24.6 Å². The third-order valence-electron chi connectivity index (χ3n) is 5.21. The van der Waals surface area contributed by atoms with Crippen molar-refractivity contribution >= 4 is 22.7 Å². The van der Waals surface area contributed by atoms with Crippen molar-refractivity contribution in [2.75, 3.05) is 38.2 Å². The van der Waals surface area contributed by atoms with Gasteiger partial charge in [-0.3, -0.25) is 4.79 Å². The number of methoxy groups -OCH3 is 1. The Morgan fingerprint density at radius 1 is 1.07 bits per heavy atom. The molecule has 1 aliphatic rings. The molecule has 9 nitrogen and oxygen atoms in total. The SMILES string of the molecule is COc1cccc2cc(C(=O)N3CCN(c4cc(-n5cccn5)ncn4)CC3)oc12. The number of hydrogen-bond acceptors (Lipinski definition) is 7. The number of carbonyl (C=O) groups is 1. The Morgan fingerprint density at radius 3 is 2.67 bits per heavy atom. The Kier molecular flexibility index (Phi) is 4.55. The highest BCUT2D eigenvalue weighted by Gasteiger charge is 2.26. The molecule has 0 radical (unpaired) electrons. The molecular formula is C21H20N6O3. The van der Waals surface area contributed by atoms with Crippen LogP contribution >= 0.6 is 0 Å². The van der Waals surface area contributed by atoms with Gasteiger partial charge in [-0.15, -0.1) is 0 Å². The van der Waals surface area contributed by atoms with Crippen molar-refractivity contribution in [2.24, 2.45) is 0 Å². The number of benzene rings is 1. The van der Waals surface area contributed by atoms with Crippen LogP contribution in [0, 0.1) is 0 Å². The molecule has 1 aromatic carbocycles. The second-order valence-corrected chi connectivity index (χ2v) is 6.95. The van der Waals surface area contributed by atoms with E-state index < -0.39 is 0 Å². The molecule has 4 heterocycles. The van der Waals surface area contributed by atoms with Crippen LogP contribution in [0.5, 0.6) is 5.75 Å². The van der Waals surface area contributed by atoms with Crippen molar-refractivity contribution in [3.8, 4) is 11.6 Å².